The number of aromatic nitrogens is 5. The van der Waals surface area contributed by atoms with Crippen molar-refractivity contribution >= 4 is 134 Å². The number of hydrogen-bond acceptors (Lipinski definition) is 1. The van der Waals surface area contributed by atoms with Crippen LogP contribution in [0.1, 0.15) is 0 Å². The molecule has 19 aromatic carbocycles. The van der Waals surface area contributed by atoms with Gasteiger partial charge in [-0.1, -0.05) is 362 Å². The largest absolute Gasteiger partial charge is 0.309 e. The zero-order valence-corrected chi connectivity index (χ0v) is 72.4. The molecule has 5 aromatic heterocycles. The van der Waals surface area contributed by atoms with Gasteiger partial charge in [-0.3, -0.25) is 4.98 Å². The van der Waals surface area contributed by atoms with Crippen molar-refractivity contribution in [3.05, 3.63) is 500 Å². The predicted molar refractivity (Wildman–Crippen MR) is 544 cm³/mol. The smallest absolute Gasteiger partial charge is 0.0547 e. The zero-order valence-electron chi connectivity index (χ0n) is 69.4. The van der Waals surface area contributed by atoms with E-state index in [2.05, 4.69) is 393 Å². The Bertz CT molecular complexity index is 8160. The van der Waals surface area contributed by atoms with Crippen LogP contribution in [0.25, 0.3) is 199 Å². The molecule has 0 atom stereocenters. The van der Waals surface area contributed by atoms with E-state index in [1.54, 1.807) is 0 Å². The minimum atomic E-state index is 0.742. The molecule has 5 heterocycles. The van der Waals surface area contributed by atoms with E-state index in [4.69, 9.17) is 46.4 Å². The van der Waals surface area contributed by atoms with Gasteiger partial charge in [-0.2, -0.15) is 0 Å². The molecular weight excluding hydrogens is 1640 g/mol. The van der Waals surface area contributed by atoms with Crippen molar-refractivity contribution in [2.24, 2.45) is 0 Å². The highest BCUT2D eigenvalue weighted by molar-refractivity contribution is 6.34. The number of nitrogens with zero attached hydrogens (tertiary/aromatic N) is 5. The van der Waals surface area contributed by atoms with Crippen LogP contribution in [-0.4, -0.2) is 23.3 Å². The maximum Gasteiger partial charge on any atom is 0.0547 e. The van der Waals surface area contributed by atoms with Gasteiger partial charge in [0.05, 0.1) is 44.1 Å². The second-order valence-electron chi connectivity index (χ2n) is 31.9. The van der Waals surface area contributed by atoms with Crippen LogP contribution in [0.15, 0.2) is 480 Å². The van der Waals surface area contributed by atoms with Crippen LogP contribution < -0.4 is 0 Å². The van der Waals surface area contributed by atoms with Crippen LogP contribution in [0, 0.1) is 0 Å². The summed E-state index contributed by atoms with van der Waals surface area (Å²) in [5.74, 6) is 0. The quantitative estimate of drug-likeness (QED) is 0.120. The second kappa shape index (κ2) is 35.4. The number of para-hydroxylation sites is 5. The van der Waals surface area contributed by atoms with Crippen molar-refractivity contribution in [2.75, 3.05) is 0 Å². The molecule has 0 fully saturated rings. The fourth-order valence-electron chi connectivity index (χ4n) is 18.1. The van der Waals surface area contributed by atoms with Gasteiger partial charge in [-0.25, -0.2) is 0 Å². The van der Waals surface area contributed by atoms with Crippen molar-refractivity contribution in [1.82, 2.24) is 23.3 Å². The molecule has 608 valence electrons. The molecule has 9 heteroatoms. The van der Waals surface area contributed by atoms with E-state index >= 15 is 0 Å². The first kappa shape index (κ1) is 79.8. The highest BCUT2D eigenvalue weighted by Crippen LogP contribution is 2.44. The summed E-state index contributed by atoms with van der Waals surface area (Å²) >= 11 is 25.6. The molecule has 0 amide bonds. The summed E-state index contributed by atoms with van der Waals surface area (Å²) in [4.78, 5) is 4.15. The molecule has 0 N–H and O–H groups in total. The standard InChI is InChI=1S/C36H24ClN.C30H20ClN.C29H19ClN2.C24H16ClN/c37-31-15-9-14-27(21-31)28-18-19-34-33-16-7-8-17-35(33)38(36(34)24-28)32-22-29(25-10-3-1-4-11-25)20-30(23-32)26-12-5-2-6-13-26;31-25-10-6-9-23(19-25)24-15-18-28-27-11-4-5-12-29(27)32(30(28)20-24)26-16-13-22(14-17-26)21-7-2-1-3-8-21;30-27-10-3-1-8-24(27)22-12-13-26-25-9-2-4-11-28(25)32(29(26)19-22)23-7-5-6-21(18-23)20-14-16-31-17-15-20;25-22-12-6-4-10-19(22)17-14-15-21-20-11-5-7-13-23(20)26(24(21)16-17)18-8-2-1-3-9-18/h1-24H;1-20H;1-19H;1-16H. The third-order valence-corrected chi connectivity index (χ3v) is 25.3. The molecule has 0 saturated heterocycles. The summed E-state index contributed by atoms with van der Waals surface area (Å²) in [5, 5.41) is 13.0. The molecule has 0 aliphatic heterocycles. The molecule has 0 saturated carbocycles. The third kappa shape index (κ3) is 15.8. The van der Waals surface area contributed by atoms with Gasteiger partial charge < -0.3 is 18.3 Å². The Morgan fingerprint density at radius 1 is 0.148 bits per heavy atom. The van der Waals surface area contributed by atoms with Crippen molar-refractivity contribution in [3.8, 4) is 112 Å². The number of hydrogen-bond donors (Lipinski definition) is 0. The number of benzene rings is 19. The summed E-state index contributed by atoms with van der Waals surface area (Å²) in [6.45, 7) is 0. The lowest BCUT2D eigenvalue weighted by molar-refractivity contribution is 1.18. The SMILES string of the molecule is Clc1cccc(-c2ccc3c4ccccc4n(-c4cc(-c5ccccc5)cc(-c5ccccc5)c4)c3c2)c1.Clc1cccc(-c2ccc3c4ccccc4n(-c4ccc(-c5ccccc5)cc4)c3c2)c1.Clc1ccccc1-c1ccc2c3ccccc3n(-c3cccc(-c4ccncc4)c3)c2c1.Clc1ccccc1-c1ccc2c3ccccc3n(-c3ccccc3)c2c1. The fourth-order valence-corrected chi connectivity index (χ4v) is 19.0. The van der Waals surface area contributed by atoms with E-state index in [-0.39, 0.29) is 0 Å². The van der Waals surface area contributed by atoms with Crippen molar-refractivity contribution in [1.29, 1.82) is 0 Å². The minimum Gasteiger partial charge on any atom is -0.309 e. The van der Waals surface area contributed by atoms with E-state index in [1.807, 2.05) is 109 Å². The number of halogens is 4. The van der Waals surface area contributed by atoms with Crippen molar-refractivity contribution < 1.29 is 0 Å². The molecule has 0 spiro atoms. The lowest BCUT2D eigenvalue weighted by Crippen LogP contribution is -1.96. The second-order valence-corrected chi connectivity index (χ2v) is 33.5. The predicted octanol–water partition coefficient (Wildman–Crippen LogP) is 34.5. The van der Waals surface area contributed by atoms with Crippen molar-refractivity contribution in [2.45, 2.75) is 0 Å². The molecule has 0 aliphatic rings. The number of rotatable bonds is 12. The summed E-state index contributed by atoms with van der Waals surface area (Å²) in [5.41, 5.74) is 32.5. The summed E-state index contributed by atoms with van der Waals surface area (Å²) in [6, 6.07) is 164. The molecular formula is C119H79Cl4N5. The van der Waals surface area contributed by atoms with Gasteiger partial charge in [0.25, 0.3) is 0 Å². The van der Waals surface area contributed by atoms with E-state index in [1.165, 1.54) is 115 Å². The van der Waals surface area contributed by atoms with E-state index in [9.17, 15) is 0 Å². The Hall–Kier alpha value is -15.3. The van der Waals surface area contributed by atoms with Gasteiger partial charge in [-0.15, -0.1) is 0 Å². The average Bonchev–Trinajstić information content (AvgIpc) is 1.55. The van der Waals surface area contributed by atoms with Crippen LogP contribution in [0.5, 0.6) is 0 Å². The highest BCUT2D eigenvalue weighted by atomic mass is 35.5. The molecule has 128 heavy (non-hydrogen) atoms. The first-order valence-electron chi connectivity index (χ1n) is 42.8. The summed E-state index contributed by atoms with van der Waals surface area (Å²) < 4.78 is 9.42. The van der Waals surface area contributed by atoms with E-state index in [0.29, 0.717) is 0 Å². The Kier molecular flexibility index (Phi) is 22.1. The lowest BCUT2D eigenvalue weighted by Gasteiger charge is -2.14. The average molecular weight is 1720 g/mol. The molecule has 0 radical (unpaired) electrons. The summed E-state index contributed by atoms with van der Waals surface area (Å²) in [6.07, 6.45) is 3.66. The van der Waals surface area contributed by atoms with Crippen LogP contribution in [0.2, 0.25) is 20.1 Å². The molecule has 5 nitrogen and oxygen atoms in total. The lowest BCUT2D eigenvalue weighted by atomic mass is 9.98. The van der Waals surface area contributed by atoms with Gasteiger partial charge in [0.1, 0.15) is 0 Å². The van der Waals surface area contributed by atoms with Crippen LogP contribution >= 0.6 is 46.4 Å². The van der Waals surface area contributed by atoms with Crippen molar-refractivity contribution in [3.63, 3.8) is 0 Å². The molecule has 24 aromatic rings. The fraction of sp³-hybridized carbons (Fsp3) is 0. The molecule has 0 bridgehead atoms. The Labute approximate surface area is 762 Å². The van der Waals surface area contributed by atoms with E-state index < -0.39 is 0 Å². The van der Waals surface area contributed by atoms with E-state index in [0.717, 1.165) is 104 Å². The van der Waals surface area contributed by atoms with Crippen LogP contribution in [0.4, 0.5) is 0 Å². The monoisotopic (exact) mass is 1720 g/mol. The van der Waals surface area contributed by atoms with Crippen LogP contribution in [-0.2, 0) is 0 Å². The minimum absolute atomic E-state index is 0.742. The summed E-state index contributed by atoms with van der Waals surface area (Å²) in [7, 11) is 0. The highest BCUT2D eigenvalue weighted by Gasteiger charge is 2.21. The molecule has 0 unspecified atom stereocenters. The maximum absolute atomic E-state index is 6.52. The topological polar surface area (TPSA) is 32.6 Å². The van der Waals surface area contributed by atoms with Gasteiger partial charge in [-0.05, 0) is 230 Å². The molecule has 0 aliphatic carbocycles. The van der Waals surface area contributed by atoms with Gasteiger partial charge in [0.2, 0.25) is 0 Å². The Morgan fingerprint density at radius 2 is 0.414 bits per heavy atom. The van der Waals surface area contributed by atoms with Crippen LogP contribution in [0.3, 0.4) is 0 Å². The Morgan fingerprint density at radius 3 is 0.828 bits per heavy atom. The number of pyridine rings is 1. The number of fused-ring (bicyclic) bond motifs is 12. The maximum atomic E-state index is 6.52. The van der Waals surface area contributed by atoms with Gasteiger partial charge in [0, 0.05) is 109 Å². The Balaban J connectivity index is 0.000000105. The first-order chi connectivity index (χ1) is 63.1. The third-order valence-electron chi connectivity index (χ3n) is 24.1. The zero-order chi connectivity index (χ0) is 86.0. The molecule has 24 rings (SSSR count). The van der Waals surface area contributed by atoms with Gasteiger partial charge in [0.15, 0.2) is 0 Å². The van der Waals surface area contributed by atoms with Gasteiger partial charge >= 0.3 is 0 Å². The first-order valence-corrected chi connectivity index (χ1v) is 44.3. The normalized spacial score (nSPS) is 11.3.